The van der Waals surface area contributed by atoms with Gasteiger partial charge in [0.2, 0.25) is 0 Å². The van der Waals surface area contributed by atoms with Crippen LogP contribution in [0.5, 0.6) is 0 Å². The van der Waals surface area contributed by atoms with Gasteiger partial charge in [-0.05, 0) is 12.8 Å². The molecule has 0 saturated carbocycles. The van der Waals surface area contributed by atoms with Crippen molar-refractivity contribution in [3.8, 4) is 0 Å². The maximum atomic E-state index is 9.86. The fourth-order valence-corrected chi connectivity index (χ4v) is 2.03. The van der Waals surface area contributed by atoms with Crippen molar-refractivity contribution in [1.82, 2.24) is 0 Å². The summed E-state index contributed by atoms with van der Waals surface area (Å²) in [6, 6.07) is 0. The van der Waals surface area contributed by atoms with Crippen LogP contribution in [0.4, 0.5) is 0 Å². The summed E-state index contributed by atoms with van der Waals surface area (Å²) in [7, 11) is 0. The maximum Gasteiger partial charge on any atom is 0.0850 e. The molecule has 4 heteroatoms. The minimum atomic E-state index is -0.953. The van der Waals surface area contributed by atoms with E-state index in [1.807, 2.05) is 13.8 Å². The quantitative estimate of drug-likeness (QED) is 0.466. The zero-order chi connectivity index (χ0) is 13.3. The Hall–Kier alpha value is -0.160. The first-order valence-electron chi connectivity index (χ1n) is 6.71. The van der Waals surface area contributed by atoms with Gasteiger partial charge in [-0.3, -0.25) is 0 Å². The van der Waals surface area contributed by atoms with Crippen LogP contribution in [0, 0.1) is 5.92 Å². The first-order valence-corrected chi connectivity index (χ1v) is 6.71. The maximum absolute atomic E-state index is 9.86. The third-order valence-corrected chi connectivity index (χ3v) is 3.18. The third kappa shape index (κ3) is 6.99. The molecule has 0 aromatic rings. The molecule has 4 nitrogen and oxygen atoms in total. The number of aliphatic hydroxyl groups is 4. The van der Waals surface area contributed by atoms with Crippen molar-refractivity contribution >= 4 is 0 Å². The predicted molar refractivity (Wildman–Crippen MR) is 67.6 cm³/mol. The SMILES string of the molecule is CCCCC(O)CC(O)C(O)C(CO)CCC. The molecule has 4 N–H and O–H groups in total. The first-order chi connectivity index (χ1) is 8.06. The third-order valence-electron chi connectivity index (χ3n) is 3.18. The van der Waals surface area contributed by atoms with Crippen molar-refractivity contribution < 1.29 is 20.4 Å². The lowest BCUT2D eigenvalue weighted by atomic mass is 9.91. The van der Waals surface area contributed by atoms with Gasteiger partial charge in [0.1, 0.15) is 0 Å². The smallest absolute Gasteiger partial charge is 0.0850 e. The predicted octanol–water partition coefficient (Wildman–Crippen LogP) is 1.06. The van der Waals surface area contributed by atoms with Crippen molar-refractivity contribution in [3.05, 3.63) is 0 Å². The Balaban J connectivity index is 4.04. The standard InChI is InChI=1S/C13H28O4/c1-3-5-7-11(15)8-12(16)13(17)10(9-14)6-4-2/h10-17H,3-9H2,1-2H3. The Morgan fingerprint density at radius 2 is 1.59 bits per heavy atom. The van der Waals surface area contributed by atoms with Gasteiger partial charge in [0.15, 0.2) is 0 Å². The Morgan fingerprint density at radius 3 is 2.06 bits per heavy atom. The summed E-state index contributed by atoms with van der Waals surface area (Å²) in [4.78, 5) is 0. The molecule has 0 amide bonds. The minimum absolute atomic E-state index is 0.128. The number of rotatable bonds is 10. The highest BCUT2D eigenvalue weighted by Crippen LogP contribution is 2.18. The van der Waals surface area contributed by atoms with Crippen LogP contribution in [0.25, 0.3) is 0 Å². The Kier molecular flexibility index (Phi) is 9.74. The van der Waals surface area contributed by atoms with Crippen LogP contribution in [0.1, 0.15) is 52.4 Å². The molecule has 104 valence electrons. The normalized spacial score (nSPS) is 18.7. The van der Waals surface area contributed by atoms with Gasteiger partial charge in [0.05, 0.1) is 18.3 Å². The van der Waals surface area contributed by atoms with Gasteiger partial charge in [-0.15, -0.1) is 0 Å². The summed E-state index contributed by atoms with van der Waals surface area (Å²) in [6.45, 7) is 3.88. The van der Waals surface area contributed by atoms with Crippen molar-refractivity contribution in [2.24, 2.45) is 5.92 Å². The fraction of sp³-hybridized carbons (Fsp3) is 1.00. The Labute approximate surface area is 104 Å². The molecule has 0 saturated heterocycles. The molecule has 0 aliphatic carbocycles. The molecule has 0 aromatic carbocycles. The first kappa shape index (κ1) is 16.8. The lowest BCUT2D eigenvalue weighted by Crippen LogP contribution is -2.37. The summed E-state index contributed by atoms with van der Waals surface area (Å²) in [6.07, 6.45) is 1.82. The van der Waals surface area contributed by atoms with Gasteiger partial charge in [-0.25, -0.2) is 0 Å². The fourth-order valence-electron chi connectivity index (χ4n) is 2.03. The second-order valence-corrected chi connectivity index (χ2v) is 4.82. The highest BCUT2D eigenvalue weighted by atomic mass is 16.3. The van der Waals surface area contributed by atoms with Crippen LogP contribution in [0.2, 0.25) is 0 Å². The number of unbranched alkanes of at least 4 members (excludes halogenated alkanes) is 1. The summed E-state index contributed by atoms with van der Waals surface area (Å²) < 4.78 is 0. The molecule has 17 heavy (non-hydrogen) atoms. The van der Waals surface area contributed by atoms with Gasteiger partial charge in [0, 0.05) is 18.9 Å². The van der Waals surface area contributed by atoms with Crippen molar-refractivity contribution in [3.63, 3.8) is 0 Å². The zero-order valence-corrected chi connectivity index (χ0v) is 11.0. The van der Waals surface area contributed by atoms with Crippen LogP contribution in [0.15, 0.2) is 0 Å². The molecule has 0 aliphatic heterocycles. The van der Waals surface area contributed by atoms with Crippen LogP contribution in [-0.2, 0) is 0 Å². The molecule has 0 aliphatic rings. The van der Waals surface area contributed by atoms with Crippen LogP contribution < -0.4 is 0 Å². The summed E-state index contributed by atoms with van der Waals surface area (Å²) in [5.74, 6) is -0.298. The molecular weight excluding hydrogens is 220 g/mol. The van der Waals surface area contributed by atoms with Gasteiger partial charge in [-0.2, -0.15) is 0 Å². The van der Waals surface area contributed by atoms with Crippen molar-refractivity contribution in [1.29, 1.82) is 0 Å². The molecule has 4 atom stereocenters. The molecular formula is C13H28O4. The average molecular weight is 248 g/mol. The van der Waals surface area contributed by atoms with E-state index in [4.69, 9.17) is 5.11 Å². The second-order valence-electron chi connectivity index (χ2n) is 4.82. The van der Waals surface area contributed by atoms with E-state index in [0.717, 1.165) is 19.3 Å². The molecule has 0 radical (unpaired) electrons. The van der Waals surface area contributed by atoms with E-state index in [2.05, 4.69) is 0 Å². The lowest BCUT2D eigenvalue weighted by Gasteiger charge is -2.26. The molecule has 0 spiro atoms. The molecule has 0 aromatic heterocycles. The number of hydrogen-bond acceptors (Lipinski definition) is 4. The van der Waals surface area contributed by atoms with Gasteiger partial charge in [-0.1, -0.05) is 33.1 Å². The molecule has 4 unspecified atom stereocenters. The van der Waals surface area contributed by atoms with Gasteiger partial charge >= 0.3 is 0 Å². The van der Waals surface area contributed by atoms with E-state index in [9.17, 15) is 15.3 Å². The van der Waals surface area contributed by atoms with Gasteiger partial charge in [0.25, 0.3) is 0 Å². The van der Waals surface area contributed by atoms with E-state index < -0.39 is 18.3 Å². The lowest BCUT2D eigenvalue weighted by molar-refractivity contribution is -0.0546. The topological polar surface area (TPSA) is 80.9 Å². The molecule has 0 rings (SSSR count). The highest BCUT2D eigenvalue weighted by molar-refractivity contribution is 4.77. The van der Waals surface area contributed by atoms with Gasteiger partial charge < -0.3 is 20.4 Å². The minimum Gasteiger partial charge on any atom is -0.396 e. The van der Waals surface area contributed by atoms with E-state index in [-0.39, 0.29) is 18.9 Å². The zero-order valence-electron chi connectivity index (χ0n) is 11.0. The van der Waals surface area contributed by atoms with Crippen molar-refractivity contribution in [2.75, 3.05) is 6.61 Å². The van der Waals surface area contributed by atoms with Crippen LogP contribution in [-0.4, -0.2) is 45.3 Å². The monoisotopic (exact) mass is 248 g/mol. The average Bonchev–Trinajstić information content (AvgIpc) is 2.32. The van der Waals surface area contributed by atoms with E-state index in [1.165, 1.54) is 0 Å². The number of hydrogen-bond donors (Lipinski definition) is 4. The number of aliphatic hydroxyl groups excluding tert-OH is 4. The van der Waals surface area contributed by atoms with Crippen LogP contribution in [0.3, 0.4) is 0 Å². The van der Waals surface area contributed by atoms with E-state index in [0.29, 0.717) is 12.8 Å². The highest BCUT2D eigenvalue weighted by Gasteiger charge is 2.26. The summed E-state index contributed by atoms with van der Waals surface area (Å²) in [5.41, 5.74) is 0. The van der Waals surface area contributed by atoms with Crippen LogP contribution >= 0.6 is 0 Å². The molecule has 0 heterocycles. The molecule has 0 fully saturated rings. The molecule has 0 bridgehead atoms. The summed E-state index contributed by atoms with van der Waals surface area (Å²) in [5, 5.41) is 38.4. The Morgan fingerprint density at radius 1 is 0.941 bits per heavy atom. The van der Waals surface area contributed by atoms with E-state index >= 15 is 0 Å². The second kappa shape index (κ2) is 9.83. The summed E-state index contributed by atoms with van der Waals surface area (Å²) >= 11 is 0. The largest absolute Gasteiger partial charge is 0.396 e. The van der Waals surface area contributed by atoms with E-state index in [1.54, 1.807) is 0 Å². The van der Waals surface area contributed by atoms with Crippen molar-refractivity contribution in [2.45, 2.75) is 70.7 Å². The Bertz CT molecular complexity index is 175.